The normalized spacial score (nSPS) is 10.5. The van der Waals surface area contributed by atoms with E-state index < -0.39 is 4.92 Å². The Balaban J connectivity index is 2.35. The lowest BCUT2D eigenvalue weighted by atomic mass is 10.1. The van der Waals surface area contributed by atoms with Crippen molar-refractivity contribution in [2.45, 2.75) is 6.61 Å². The third kappa shape index (κ3) is 4.19. The Morgan fingerprint density at radius 2 is 2.04 bits per heavy atom. The summed E-state index contributed by atoms with van der Waals surface area (Å²) in [7, 11) is 3.08. The van der Waals surface area contributed by atoms with Crippen LogP contribution in [0.4, 0.5) is 5.69 Å². The molecule has 0 aliphatic heterocycles. The van der Waals surface area contributed by atoms with Crippen LogP contribution in [0, 0.1) is 10.1 Å². The molecule has 2 aromatic rings. The van der Waals surface area contributed by atoms with Crippen molar-refractivity contribution in [1.82, 2.24) is 5.43 Å². The van der Waals surface area contributed by atoms with Crippen LogP contribution >= 0.6 is 0 Å². The lowest BCUT2D eigenvalue weighted by molar-refractivity contribution is -0.386. The highest BCUT2D eigenvalue weighted by molar-refractivity contribution is 5.83. The second-order valence-electron chi connectivity index (χ2n) is 4.58. The van der Waals surface area contributed by atoms with Gasteiger partial charge in [0.15, 0.2) is 5.75 Å². The van der Waals surface area contributed by atoms with E-state index >= 15 is 0 Å². The van der Waals surface area contributed by atoms with Gasteiger partial charge in [-0.25, -0.2) is 0 Å². The number of methoxy groups -OCH3 is 1. The van der Waals surface area contributed by atoms with Gasteiger partial charge in [0.1, 0.15) is 6.61 Å². The number of benzene rings is 2. The molecule has 0 atom stereocenters. The Labute approximate surface area is 133 Å². The Kier molecular flexibility index (Phi) is 5.51. The molecule has 7 heteroatoms. The zero-order valence-corrected chi connectivity index (χ0v) is 12.9. The quantitative estimate of drug-likeness (QED) is 0.482. The molecule has 1 N–H and O–H groups in total. The average Bonchev–Trinajstić information content (AvgIpc) is 2.58. The molecule has 0 heterocycles. The van der Waals surface area contributed by atoms with Crippen LogP contribution < -0.4 is 14.9 Å². The minimum atomic E-state index is -0.500. The van der Waals surface area contributed by atoms with Crippen molar-refractivity contribution >= 4 is 11.9 Å². The molecule has 23 heavy (non-hydrogen) atoms. The van der Waals surface area contributed by atoms with Gasteiger partial charge in [-0.3, -0.25) is 10.1 Å². The summed E-state index contributed by atoms with van der Waals surface area (Å²) >= 11 is 0. The maximum absolute atomic E-state index is 11.3. The van der Waals surface area contributed by atoms with Crippen molar-refractivity contribution in [2.24, 2.45) is 5.10 Å². The fourth-order valence-electron chi connectivity index (χ4n) is 1.98. The van der Waals surface area contributed by atoms with Crippen molar-refractivity contribution < 1.29 is 14.4 Å². The predicted octanol–water partition coefficient (Wildman–Crippen LogP) is 2.74. The first kappa shape index (κ1) is 16.3. The average molecular weight is 315 g/mol. The highest BCUT2D eigenvalue weighted by atomic mass is 16.6. The summed E-state index contributed by atoms with van der Waals surface area (Å²) in [5.74, 6) is 0.385. The third-order valence-electron chi connectivity index (χ3n) is 3.04. The zero-order valence-electron chi connectivity index (χ0n) is 12.9. The summed E-state index contributed by atoms with van der Waals surface area (Å²) in [5.41, 5.74) is 3.87. The van der Waals surface area contributed by atoms with Crippen LogP contribution in [0.25, 0.3) is 0 Å². The van der Waals surface area contributed by atoms with E-state index in [2.05, 4.69) is 10.5 Å². The Morgan fingerprint density at radius 3 is 2.65 bits per heavy atom. The number of nitrogens with zero attached hydrogens (tertiary/aromatic N) is 2. The fourth-order valence-corrected chi connectivity index (χ4v) is 1.98. The van der Waals surface area contributed by atoms with Crippen LogP contribution in [0.2, 0.25) is 0 Å². The standard InChI is InChI=1S/C16H17N3O4/c1-17-18-10-13-8-14(19(20)21)16(15(9-13)22-2)23-11-12-6-4-3-5-7-12/h3-10,17H,11H2,1-2H3/b18-10+. The first-order valence-corrected chi connectivity index (χ1v) is 6.88. The van der Waals surface area contributed by atoms with Gasteiger partial charge in [0.25, 0.3) is 0 Å². The lowest BCUT2D eigenvalue weighted by Crippen LogP contribution is -2.03. The third-order valence-corrected chi connectivity index (χ3v) is 3.04. The molecule has 0 unspecified atom stereocenters. The molecule has 0 aliphatic carbocycles. The molecular formula is C16H17N3O4. The van der Waals surface area contributed by atoms with E-state index in [-0.39, 0.29) is 23.8 Å². The first-order valence-electron chi connectivity index (χ1n) is 6.88. The van der Waals surface area contributed by atoms with Crippen molar-refractivity contribution in [3.05, 3.63) is 63.7 Å². The molecule has 0 fully saturated rings. The number of ether oxygens (including phenoxy) is 2. The summed E-state index contributed by atoms with van der Waals surface area (Å²) in [6.45, 7) is 0.210. The topological polar surface area (TPSA) is 86.0 Å². The van der Waals surface area contributed by atoms with Crippen molar-refractivity contribution in [3.63, 3.8) is 0 Å². The van der Waals surface area contributed by atoms with E-state index in [0.717, 1.165) is 5.56 Å². The van der Waals surface area contributed by atoms with Crippen LogP contribution in [-0.4, -0.2) is 25.3 Å². The summed E-state index contributed by atoms with van der Waals surface area (Å²) in [6, 6.07) is 12.4. The predicted molar refractivity (Wildman–Crippen MR) is 87.1 cm³/mol. The van der Waals surface area contributed by atoms with Crippen molar-refractivity contribution in [1.29, 1.82) is 0 Å². The zero-order chi connectivity index (χ0) is 16.7. The molecule has 0 bridgehead atoms. The van der Waals surface area contributed by atoms with Gasteiger partial charge in [-0.05, 0) is 11.6 Å². The van der Waals surface area contributed by atoms with E-state index in [9.17, 15) is 10.1 Å². The Hall–Kier alpha value is -3.09. The fraction of sp³-hybridized carbons (Fsp3) is 0.188. The highest BCUT2D eigenvalue weighted by Crippen LogP contribution is 2.38. The number of rotatable bonds is 7. The molecule has 0 saturated carbocycles. The van der Waals surface area contributed by atoms with Crippen LogP contribution in [-0.2, 0) is 6.61 Å². The van der Waals surface area contributed by atoms with Gasteiger partial charge in [0.05, 0.1) is 18.2 Å². The van der Waals surface area contributed by atoms with Gasteiger partial charge in [0, 0.05) is 18.7 Å². The molecule has 0 aliphatic rings. The maximum Gasteiger partial charge on any atom is 0.315 e. The SMILES string of the molecule is CN/N=C/c1cc(OC)c(OCc2ccccc2)c([N+](=O)[O-])c1. The van der Waals surface area contributed by atoms with Gasteiger partial charge in [-0.2, -0.15) is 5.10 Å². The second-order valence-corrected chi connectivity index (χ2v) is 4.58. The minimum absolute atomic E-state index is 0.1000. The van der Waals surface area contributed by atoms with Crippen LogP contribution in [0.15, 0.2) is 47.6 Å². The van der Waals surface area contributed by atoms with E-state index in [1.807, 2.05) is 30.3 Å². The monoisotopic (exact) mass is 315 g/mol. The summed E-state index contributed by atoms with van der Waals surface area (Å²) in [6.07, 6.45) is 1.47. The number of nitro groups is 1. The number of hydrogen-bond acceptors (Lipinski definition) is 6. The highest BCUT2D eigenvalue weighted by Gasteiger charge is 2.22. The van der Waals surface area contributed by atoms with Gasteiger partial charge >= 0.3 is 5.69 Å². The molecule has 0 radical (unpaired) electrons. The van der Waals surface area contributed by atoms with Gasteiger partial charge in [-0.15, -0.1) is 0 Å². The number of hydrogen-bond donors (Lipinski definition) is 1. The largest absolute Gasteiger partial charge is 0.493 e. The molecule has 2 aromatic carbocycles. The van der Waals surface area contributed by atoms with Crippen molar-refractivity contribution in [2.75, 3.05) is 14.2 Å². The summed E-state index contributed by atoms with van der Waals surface area (Å²) < 4.78 is 10.9. The molecule has 120 valence electrons. The summed E-state index contributed by atoms with van der Waals surface area (Å²) in [4.78, 5) is 10.8. The molecule has 7 nitrogen and oxygen atoms in total. The molecule has 0 aromatic heterocycles. The Morgan fingerprint density at radius 1 is 1.30 bits per heavy atom. The summed E-state index contributed by atoms with van der Waals surface area (Å²) in [5, 5.41) is 15.2. The van der Waals surface area contributed by atoms with Gasteiger partial charge in [-0.1, -0.05) is 30.3 Å². The number of nitro benzene ring substituents is 1. The lowest BCUT2D eigenvalue weighted by Gasteiger charge is -2.12. The number of nitrogens with one attached hydrogen (secondary N) is 1. The van der Waals surface area contributed by atoms with Crippen LogP contribution in [0.1, 0.15) is 11.1 Å². The Bertz CT molecular complexity index is 702. The van der Waals surface area contributed by atoms with Gasteiger partial charge in [0.2, 0.25) is 5.75 Å². The van der Waals surface area contributed by atoms with Crippen molar-refractivity contribution in [3.8, 4) is 11.5 Å². The first-order chi connectivity index (χ1) is 11.2. The van der Waals surface area contributed by atoms with E-state index in [1.54, 1.807) is 13.1 Å². The molecule has 0 amide bonds. The van der Waals surface area contributed by atoms with E-state index in [4.69, 9.17) is 9.47 Å². The number of hydrazone groups is 1. The minimum Gasteiger partial charge on any atom is -0.493 e. The smallest absolute Gasteiger partial charge is 0.315 e. The molecule has 0 spiro atoms. The van der Waals surface area contributed by atoms with Crippen LogP contribution in [0.3, 0.4) is 0 Å². The molecular weight excluding hydrogens is 298 g/mol. The van der Waals surface area contributed by atoms with E-state index in [0.29, 0.717) is 5.56 Å². The molecule has 2 rings (SSSR count). The second kappa shape index (κ2) is 7.79. The van der Waals surface area contributed by atoms with Gasteiger partial charge < -0.3 is 14.9 Å². The molecule has 0 saturated heterocycles. The maximum atomic E-state index is 11.3. The van der Waals surface area contributed by atoms with Crippen LogP contribution in [0.5, 0.6) is 11.5 Å². The van der Waals surface area contributed by atoms with E-state index in [1.165, 1.54) is 19.4 Å².